The first-order valence-corrected chi connectivity index (χ1v) is 8.22. The summed E-state index contributed by atoms with van der Waals surface area (Å²) in [5.74, 6) is -2.77. The van der Waals surface area contributed by atoms with E-state index >= 15 is 0 Å². The maximum Gasteiger partial charge on any atom is 0.310 e. The van der Waals surface area contributed by atoms with E-state index in [1.54, 1.807) is 0 Å². The molecule has 1 saturated heterocycles. The zero-order valence-corrected chi connectivity index (χ0v) is 13.4. The van der Waals surface area contributed by atoms with Gasteiger partial charge in [0.05, 0.1) is 34.5 Å². The van der Waals surface area contributed by atoms with Gasteiger partial charge in [-0.1, -0.05) is 0 Å². The fourth-order valence-electron chi connectivity index (χ4n) is 2.12. The third kappa shape index (κ3) is 3.10. The van der Waals surface area contributed by atoms with Crippen LogP contribution in [0.25, 0.3) is 0 Å². The summed E-state index contributed by atoms with van der Waals surface area (Å²) in [6.07, 6.45) is 0. The Morgan fingerprint density at radius 3 is 2.71 bits per heavy atom. The van der Waals surface area contributed by atoms with E-state index in [1.807, 2.05) is 0 Å². The van der Waals surface area contributed by atoms with Crippen LogP contribution in [0.1, 0.15) is 0 Å². The molecule has 116 valence electrons. The van der Waals surface area contributed by atoms with E-state index in [4.69, 9.17) is 9.84 Å². The summed E-state index contributed by atoms with van der Waals surface area (Å²) in [7, 11) is -2.73. The molecule has 0 bridgehead atoms. The molecule has 6 nitrogen and oxygen atoms in total. The molecule has 1 N–H and O–H groups in total. The molecule has 0 spiro atoms. The van der Waals surface area contributed by atoms with Gasteiger partial charge in [-0.15, -0.1) is 0 Å². The number of carboxylic acid groups (broad SMARTS) is 1. The second-order valence-corrected chi connectivity index (χ2v) is 7.50. The third-order valence-electron chi connectivity index (χ3n) is 3.40. The molecule has 9 heteroatoms. The van der Waals surface area contributed by atoms with Gasteiger partial charge in [0.2, 0.25) is 10.0 Å². The van der Waals surface area contributed by atoms with E-state index in [0.29, 0.717) is 0 Å². The molecule has 1 aromatic carbocycles. The predicted octanol–water partition coefficient (Wildman–Crippen LogP) is 1.31. The van der Waals surface area contributed by atoms with Crippen molar-refractivity contribution < 1.29 is 27.4 Å². The van der Waals surface area contributed by atoms with Crippen LogP contribution in [-0.2, 0) is 19.6 Å². The molecule has 0 amide bonds. The van der Waals surface area contributed by atoms with E-state index in [-0.39, 0.29) is 22.6 Å². The van der Waals surface area contributed by atoms with Crippen molar-refractivity contribution >= 4 is 31.9 Å². The largest absolute Gasteiger partial charge is 0.481 e. The van der Waals surface area contributed by atoms with Gasteiger partial charge in [-0.2, -0.15) is 4.31 Å². The van der Waals surface area contributed by atoms with Crippen LogP contribution >= 0.6 is 15.9 Å². The van der Waals surface area contributed by atoms with E-state index < -0.39 is 33.8 Å². The summed E-state index contributed by atoms with van der Waals surface area (Å²) in [5, 5.41) is 9.08. The molecule has 2 rings (SSSR count). The quantitative estimate of drug-likeness (QED) is 0.849. The molecule has 1 aliphatic heterocycles. The maximum atomic E-state index is 13.5. The Kier molecular flexibility index (Phi) is 4.66. The van der Waals surface area contributed by atoms with E-state index in [9.17, 15) is 17.6 Å². The molecule has 1 heterocycles. The third-order valence-corrected chi connectivity index (χ3v) is 5.92. The molecule has 21 heavy (non-hydrogen) atoms. The van der Waals surface area contributed by atoms with Crippen LogP contribution in [0, 0.1) is 11.7 Å². The number of ether oxygens (including phenoxy) is 1. The summed E-state index contributed by atoms with van der Waals surface area (Å²) in [4.78, 5) is 10.9. The van der Waals surface area contributed by atoms with Gasteiger partial charge < -0.3 is 9.84 Å². The van der Waals surface area contributed by atoms with Crippen molar-refractivity contribution in [1.82, 2.24) is 4.31 Å². The number of nitrogens with zero attached hydrogens (tertiary/aromatic N) is 1. The first-order chi connectivity index (χ1) is 9.75. The molecule has 1 fully saturated rings. The highest BCUT2D eigenvalue weighted by molar-refractivity contribution is 9.10. The number of carbonyl (C=O) groups is 1. The summed E-state index contributed by atoms with van der Waals surface area (Å²) in [5.41, 5.74) is 0. The molecule has 1 aliphatic rings. The molecular formula is C12H13BrFNO5S. The molecule has 0 radical (unpaired) electrons. The lowest BCUT2D eigenvalue weighted by atomic mass is 10.1. The van der Waals surface area contributed by atoms with Crippen LogP contribution in [0.2, 0.25) is 0 Å². The molecular weight excluding hydrogens is 369 g/mol. The Morgan fingerprint density at radius 1 is 1.48 bits per heavy atom. The van der Waals surface area contributed by atoms with Crippen LogP contribution in [0.4, 0.5) is 4.39 Å². The van der Waals surface area contributed by atoms with Crippen molar-refractivity contribution in [2.45, 2.75) is 10.9 Å². The smallest absolute Gasteiger partial charge is 0.310 e. The molecule has 2 unspecified atom stereocenters. The van der Waals surface area contributed by atoms with Gasteiger partial charge >= 0.3 is 5.97 Å². The molecule has 1 aromatic rings. The number of rotatable bonds is 4. The number of hydrogen-bond donors (Lipinski definition) is 1. The van der Waals surface area contributed by atoms with Gasteiger partial charge in [0, 0.05) is 7.05 Å². The van der Waals surface area contributed by atoms with Crippen LogP contribution < -0.4 is 0 Å². The minimum Gasteiger partial charge on any atom is -0.481 e. The maximum absolute atomic E-state index is 13.5. The highest BCUT2D eigenvalue weighted by Gasteiger charge is 2.41. The normalized spacial score (nSPS) is 22.7. The number of likely N-dealkylation sites (N-methyl/N-ethyl adjacent to an activating group) is 1. The van der Waals surface area contributed by atoms with Crippen LogP contribution in [0.5, 0.6) is 0 Å². The zero-order chi connectivity index (χ0) is 15.8. The fourth-order valence-corrected chi connectivity index (χ4v) is 3.75. The first-order valence-electron chi connectivity index (χ1n) is 5.99. The molecule has 2 atom stereocenters. The number of benzene rings is 1. The summed E-state index contributed by atoms with van der Waals surface area (Å²) in [6.45, 7) is -0.0553. The standard InChI is InChI=1S/C12H13BrFNO5S/c1-15(11-6-20-5-8(11)12(16)17)21(18,19)7-2-3-9(13)10(14)4-7/h2-4,8,11H,5-6H2,1H3,(H,16,17). The minimum absolute atomic E-state index is 0.00823. The van der Waals surface area contributed by atoms with Crippen molar-refractivity contribution in [2.24, 2.45) is 5.92 Å². The monoisotopic (exact) mass is 381 g/mol. The SMILES string of the molecule is CN(C1COCC1C(=O)O)S(=O)(=O)c1ccc(Br)c(F)c1. The van der Waals surface area contributed by atoms with Crippen molar-refractivity contribution in [3.63, 3.8) is 0 Å². The van der Waals surface area contributed by atoms with Gasteiger partial charge in [-0.05, 0) is 34.1 Å². The number of sulfonamides is 1. The van der Waals surface area contributed by atoms with Crippen molar-refractivity contribution in [2.75, 3.05) is 20.3 Å². The van der Waals surface area contributed by atoms with E-state index in [0.717, 1.165) is 10.4 Å². The van der Waals surface area contributed by atoms with Crippen molar-refractivity contribution in [1.29, 1.82) is 0 Å². The minimum atomic E-state index is -4.00. The van der Waals surface area contributed by atoms with Gasteiger partial charge in [0.15, 0.2) is 0 Å². The highest BCUT2D eigenvalue weighted by Crippen LogP contribution is 2.27. The molecule has 0 aromatic heterocycles. The topological polar surface area (TPSA) is 83.9 Å². The van der Waals surface area contributed by atoms with Crippen molar-refractivity contribution in [3.8, 4) is 0 Å². The Bertz CT molecular complexity index is 666. The molecule has 0 aliphatic carbocycles. The van der Waals surface area contributed by atoms with Gasteiger partial charge in [0.1, 0.15) is 5.82 Å². The van der Waals surface area contributed by atoms with Crippen LogP contribution in [-0.4, -0.2) is 50.1 Å². The van der Waals surface area contributed by atoms with E-state index in [1.165, 1.54) is 19.2 Å². The average molecular weight is 382 g/mol. The lowest BCUT2D eigenvalue weighted by Crippen LogP contribution is -2.44. The van der Waals surface area contributed by atoms with Gasteiger partial charge in [-0.25, -0.2) is 12.8 Å². The Hall–Kier alpha value is -1.03. The number of aliphatic carboxylic acids is 1. The number of hydrogen-bond acceptors (Lipinski definition) is 4. The Balaban J connectivity index is 2.34. The van der Waals surface area contributed by atoms with Crippen LogP contribution in [0.15, 0.2) is 27.6 Å². The Labute approximate surface area is 129 Å². The van der Waals surface area contributed by atoms with Gasteiger partial charge in [0.25, 0.3) is 0 Å². The van der Waals surface area contributed by atoms with E-state index in [2.05, 4.69) is 15.9 Å². The number of carboxylic acids is 1. The summed E-state index contributed by atoms with van der Waals surface area (Å²) >= 11 is 2.95. The lowest BCUT2D eigenvalue weighted by molar-refractivity contribution is -0.142. The van der Waals surface area contributed by atoms with Crippen LogP contribution in [0.3, 0.4) is 0 Å². The molecule has 0 saturated carbocycles. The Morgan fingerprint density at radius 2 is 2.14 bits per heavy atom. The first kappa shape index (κ1) is 16.3. The summed E-state index contributed by atoms with van der Waals surface area (Å²) in [6, 6.07) is 2.61. The zero-order valence-electron chi connectivity index (χ0n) is 11.0. The van der Waals surface area contributed by atoms with Crippen molar-refractivity contribution in [3.05, 3.63) is 28.5 Å². The lowest BCUT2D eigenvalue weighted by Gasteiger charge is -2.25. The highest BCUT2D eigenvalue weighted by atomic mass is 79.9. The second-order valence-electron chi connectivity index (χ2n) is 4.65. The van der Waals surface area contributed by atoms with Gasteiger partial charge in [-0.3, -0.25) is 4.79 Å². The fraction of sp³-hybridized carbons (Fsp3) is 0.417. The number of halogens is 2. The predicted molar refractivity (Wildman–Crippen MR) is 74.8 cm³/mol. The summed E-state index contributed by atoms with van der Waals surface area (Å²) < 4.78 is 44.5. The average Bonchev–Trinajstić information content (AvgIpc) is 2.90. The second kappa shape index (κ2) is 5.99.